The number of aliphatic hydroxyl groups is 3. The summed E-state index contributed by atoms with van der Waals surface area (Å²) >= 11 is 0. The molecule has 0 unspecified atom stereocenters. The minimum atomic E-state index is -1.18. The second kappa shape index (κ2) is 5.20. The molecule has 3 rings (SSSR count). The van der Waals surface area contributed by atoms with E-state index in [4.69, 9.17) is 4.74 Å². The first-order valence-electron chi connectivity index (χ1n) is 7.06. The summed E-state index contributed by atoms with van der Waals surface area (Å²) in [6, 6.07) is 0. The predicted octanol–water partition coefficient (Wildman–Crippen LogP) is -2.60. The highest BCUT2D eigenvalue weighted by Gasteiger charge is 2.49. The average Bonchev–Trinajstić information content (AvgIpc) is 2.96. The molecule has 9 nitrogen and oxygen atoms in total. The number of rotatable bonds is 2. The second-order valence-corrected chi connectivity index (χ2v) is 5.88. The molecule has 1 aromatic rings. The Labute approximate surface area is 127 Å². The van der Waals surface area contributed by atoms with E-state index in [1.807, 2.05) is 11.9 Å². The lowest BCUT2D eigenvalue weighted by Gasteiger charge is -2.28. The van der Waals surface area contributed by atoms with Crippen LogP contribution in [0.2, 0.25) is 0 Å². The molecule has 2 aliphatic heterocycles. The van der Waals surface area contributed by atoms with E-state index in [2.05, 4.69) is 0 Å². The number of hydrogen-bond acceptors (Lipinski definition) is 6. The highest BCUT2D eigenvalue weighted by atomic mass is 16.6. The summed E-state index contributed by atoms with van der Waals surface area (Å²) in [4.78, 5) is 15.8. The summed E-state index contributed by atoms with van der Waals surface area (Å²) in [7, 11) is 5.28. The van der Waals surface area contributed by atoms with Crippen LogP contribution >= 0.6 is 0 Å². The van der Waals surface area contributed by atoms with E-state index in [-0.39, 0.29) is 12.5 Å². The Kier molecular flexibility index (Phi) is 3.60. The summed E-state index contributed by atoms with van der Waals surface area (Å²) in [5.41, 5.74) is 0.481. The van der Waals surface area contributed by atoms with Gasteiger partial charge >= 0.3 is 0 Å². The van der Waals surface area contributed by atoms with Crippen molar-refractivity contribution in [3.05, 3.63) is 12.0 Å². The van der Waals surface area contributed by atoms with Crippen molar-refractivity contribution in [2.75, 3.05) is 32.3 Å². The summed E-state index contributed by atoms with van der Waals surface area (Å²) < 4.78 is 8.85. The largest absolute Gasteiger partial charge is 0.394 e. The van der Waals surface area contributed by atoms with Crippen LogP contribution in [0.4, 0.5) is 5.82 Å². The molecular formula is C13H21N4O5+. The highest BCUT2D eigenvalue weighted by molar-refractivity contribution is 5.98. The standard InChI is InChI=1S/C13H21N4O5/c1-14-6-17(13-10(20)9(19)7(4-18)22-13)11-8(14)12(21)16(3)5-15(11)2/h6-7,9-10,13,18-20H,4-5H2,1-3H3/q+1/t7-,9-,10-,13-/m1/s1. The van der Waals surface area contributed by atoms with Crippen molar-refractivity contribution in [1.82, 2.24) is 9.47 Å². The molecule has 1 amide bonds. The Morgan fingerprint density at radius 2 is 1.95 bits per heavy atom. The van der Waals surface area contributed by atoms with Gasteiger partial charge in [0.15, 0.2) is 6.33 Å². The van der Waals surface area contributed by atoms with Gasteiger partial charge in [-0.2, -0.15) is 0 Å². The Morgan fingerprint density at radius 3 is 2.55 bits per heavy atom. The molecule has 3 heterocycles. The molecule has 0 bridgehead atoms. The predicted molar refractivity (Wildman–Crippen MR) is 74.0 cm³/mol. The molecule has 122 valence electrons. The van der Waals surface area contributed by atoms with Crippen LogP contribution in [0.3, 0.4) is 0 Å². The number of anilines is 1. The third-order valence-corrected chi connectivity index (χ3v) is 4.23. The molecule has 0 aliphatic carbocycles. The monoisotopic (exact) mass is 313 g/mol. The zero-order valence-electron chi connectivity index (χ0n) is 12.7. The molecule has 0 radical (unpaired) electrons. The van der Waals surface area contributed by atoms with Crippen molar-refractivity contribution in [3.8, 4) is 0 Å². The van der Waals surface area contributed by atoms with Gasteiger partial charge in [0.1, 0.15) is 25.0 Å². The number of aryl methyl sites for hydroxylation is 1. The van der Waals surface area contributed by atoms with E-state index in [1.54, 1.807) is 34.5 Å². The van der Waals surface area contributed by atoms with Gasteiger partial charge in [0.25, 0.3) is 11.7 Å². The first-order chi connectivity index (χ1) is 10.4. The van der Waals surface area contributed by atoms with Crippen LogP contribution in [0.5, 0.6) is 0 Å². The molecule has 9 heteroatoms. The number of aromatic nitrogens is 2. The maximum Gasteiger partial charge on any atom is 0.295 e. The van der Waals surface area contributed by atoms with E-state index >= 15 is 0 Å². The van der Waals surface area contributed by atoms with E-state index in [9.17, 15) is 20.1 Å². The molecule has 1 saturated heterocycles. The van der Waals surface area contributed by atoms with Crippen LogP contribution < -0.4 is 9.47 Å². The van der Waals surface area contributed by atoms with Crippen LogP contribution in [-0.4, -0.2) is 76.4 Å². The first kappa shape index (κ1) is 15.2. The summed E-state index contributed by atoms with van der Waals surface area (Å²) in [6.45, 7) is 0.0203. The number of carbonyl (C=O) groups is 1. The molecule has 0 saturated carbocycles. The highest BCUT2D eigenvalue weighted by Crippen LogP contribution is 2.30. The number of amides is 1. The number of aliphatic hydroxyl groups excluding tert-OH is 3. The average molecular weight is 313 g/mol. The maximum absolute atomic E-state index is 12.3. The fraction of sp³-hybridized carbons (Fsp3) is 0.692. The van der Waals surface area contributed by atoms with Crippen LogP contribution in [0.15, 0.2) is 6.33 Å². The molecule has 22 heavy (non-hydrogen) atoms. The van der Waals surface area contributed by atoms with Gasteiger partial charge in [0, 0.05) is 7.05 Å². The smallest absolute Gasteiger partial charge is 0.295 e. The van der Waals surface area contributed by atoms with Crippen LogP contribution in [-0.2, 0) is 11.8 Å². The molecule has 4 atom stereocenters. The second-order valence-electron chi connectivity index (χ2n) is 5.88. The number of carbonyl (C=O) groups excluding carboxylic acids is 1. The minimum Gasteiger partial charge on any atom is -0.394 e. The zero-order chi connectivity index (χ0) is 16.2. The van der Waals surface area contributed by atoms with Crippen molar-refractivity contribution >= 4 is 11.7 Å². The summed E-state index contributed by atoms with van der Waals surface area (Å²) in [5.74, 6) is 0.488. The van der Waals surface area contributed by atoms with E-state index in [0.29, 0.717) is 18.2 Å². The number of fused-ring (bicyclic) bond motifs is 1. The van der Waals surface area contributed by atoms with Crippen molar-refractivity contribution in [1.29, 1.82) is 0 Å². The molecule has 1 aromatic heterocycles. The van der Waals surface area contributed by atoms with E-state index in [0.717, 1.165) is 0 Å². The zero-order valence-corrected chi connectivity index (χ0v) is 12.7. The third kappa shape index (κ3) is 2.01. The van der Waals surface area contributed by atoms with Crippen molar-refractivity contribution in [2.24, 2.45) is 7.05 Å². The molecular weight excluding hydrogens is 292 g/mol. The van der Waals surface area contributed by atoms with Crippen molar-refractivity contribution < 1.29 is 29.4 Å². The molecule has 0 spiro atoms. The number of hydrogen-bond donors (Lipinski definition) is 3. The Morgan fingerprint density at radius 1 is 1.27 bits per heavy atom. The summed E-state index contributed by atoms with van der Waals surface area (Å²) in [6.07, 6.45) is -2.42. The topological polar surface area (TPSA) is 102 Å². The SMILES string of the molecule is CN1CN(C)c2c(n(C)c[n+]2[C@@H]2O[C@H](CO)[C@@H](O)[C@H]2O)C1=O. The van der Waals surface area contributed by atoms with Crippen LogP contribution in [0, 0.1) is 0 Å². The molecule has 1 fully saturated rings. The lowest BCUT2D eigenvalue weighted by Crippen LogP contribution is -2.52. The van der Waals surface area contributed by atoms with Crippen molar-refractivity contribution in [3.63, 3.8) is 0 Å². The Bertz CT molecular complexity index is 603. The normalized spacial score (nSPS) is 31.8. The van der Waals surface area contributed by atoms with Crippen LogP contribution in [0.1, 0.15) is 16.7 Å². The molecule has 2 aliphatic rings. The van der Waals surface area contributed by atoms with Crippen molar-refractivity contribution in [2.45, 2.75) is 24.5 Å². The number of imidazole rings is 1. The van der Waals surface area contributed by atoms with Gasteiger partial charge in [-0.25, -0.2) is 4.57 Å². The van der Waals surface area contributed by atoms with Gasteiger partial charge in [0.05, 0.1) is 20.7 Å². The third-order valence-electron chi connectivity index (χ3n) is 4.23. The fourth-order valence-electron chi connectivity index (χ4n) is 3.13. The van der Waals surface area contributed by atoms with Gasteiger partial charge in [0.2, 0.25) is 11.9 Å². The Hall–Kier alpha value is -1.68. The number of ether oxygens (including phenoxy) is 1. The summed E-state index contributed by atoms with van der Waals surface area (Å²) in [5, 5.41) is 29.3. The molecule has 0 aromatic carbocycles. The minimum absolute atomic E-state index is 0.124. The Balaban J connectivity index is 2.05. The fourth-order valence-corrected chi connectivity index (χ4v) is 3.13. The maximum atomic E-state index is 12.3. The van der Waals surface area contributed by atoms with Gasteiger partial charge in [-0.3, -0.25) is 14.3 Å². The van der Waals surface area contributed by atoms with Gasteiger partial charge in [-0.1, -0.05) is 0 Å². The van der Waals surface area contributed by atoms with E-state index < -0.39 is 24.5 Å². The van der Waals surface area contributed by atoms with Gasteiger partial charge < -0.3 is 25.0 Å². The lowest BCUT2D eigenvalue weighted by molar-refractivity contribution is -0.755. The van der Waals surface area contributed by atoms with Gasteiger partial charge in [-0.05, 0) is 0 Å². The quantitative estimate of drug-likeness (QED) is 0.518. The first-order valence-corrected chi connectivity index (χ1v) is 7.06. The number of nitrogens with zero attached hydrogens (tertiary/aromatic N) is 4. The van der Waals surface area contributed by atoms with Gasteiger partial charge in [-0.15, -0.1) is 0 Å². The molecule has 3 N–H and O–H groups in total. The van der Waals surface area contributed by atoms with E-state index in [1.165, 1.54) is 0 Å². The van der Waals surface area contributed by atoms with Crippen LogP contribution in [0.25, 0.3) is 0 Å². The lowest BCUT2D eigenvalue weighted by atomic mass is 10.1.